The Balaban J connectivity index is 1.46. The van der Waals surface area contributed by atoms with Crippen LogP contribution in [-0.4, -0.2) is 28.0 Å². The lowest BCUT2D eigenvalue weighted by Crippen LogP contribution is -2.25. The SMILES string of the molecule is NCC1CCC(CNc2nc(N[C@H]3CCCc4ccccc43)ncc2[N+](=O)[O-])CC1. The van der Waals surface area contributed by atoms with E-state index in [2.05, 4.69) is 38.8 Å². The fraction of sp³-hybridized carbons (Fsp3) is 0.545. The Morgan fingerprint density at radius 2 is 1.90 bits per heavy atom. The summed E-state index contributed by atoms with van der Waals surface area (Å²) in [6.07, 6.45) is 8.91. The Labute approximate surface area is 176 Å². The third-order valence-corrected chi connectivity index (χ3v) is 6.50. The Kier molecular flexibility index (Phi) is 6.42. The maximum Gasteiger partial charge on any atom is 0.329 e. The van der Waals surface area contributed by atoms with Crippen LogP contribution in [0.5, 0.6) is 0 Å². The lowest BCUT2D eigenvalue weighted by molar-refractivity contribution is -0.384. The molecular weight excluding hydrogens is 380 g/mol. The van der Waals surface area contributed by atoms with E-state index in [0.29, 0.717) is 30.1 Å². The van der Waals surface area contributed by atoms with Gasteiger partial charge >= 0.3 is 5.69 Å². The van der Waals surface area contributed by atoms with E-state index in [1.807, 2.05) is 6.07 Å². The van der Waals surface area contributed by atoms with E-state index in [0.717, 1.165) is 51.5 Å². The quantitative estimate of drug-likeness (QED) is 0.465. The summed E-state index contributed by atoms with van der Waals surface area (Å²) in [7, 11) is 0. The van der Waals surface area contributed by atoms with E-state index < -0.39 is 4.92 Å². The topological polar surface area (TPSA) is 119 Å². The summed E-state index contributed by atoms with van der Waals surface area (Å²) in [5.74, 6) is 1.83. The van der Waals surface area contributed by atoms with Crippen LogP contribution < -0.4 is 16.4 Å². The second-order valence-electron chi connectivity index (χ2n) is 8.48. The van der Waals surface area contributed by atoms with Gasteiger partial charge in [0.25, 0.3) is 0 Å². The first kappa shape index (κ1) is 20.5. The van der Waals surface area contributed by atoms with Gasteiger partial charge in [-0.3, -0.25) is 10.1 Å². The summed E-state index contributed by atoms with van der Waals surface area (Å²) < 4.78 is 0. The number of anilines is 2. The van der Waals surface area contributed by atoms with Gasteiger partial charge in [-0.05, 0) is 74.5 Å². The molecule has 0 radical (unpaired) electrons. The molecule has 8 nitrogen and oxygen atoms in total. The second-order valence-corrected chi connectivity index (χ2v) is 8.48. The van der Waals surface area contributed by atoms with Crippen LogP contribution in [0.25, 0.3) is 0 Å². The van der Waals surface area contributed by atoms with Gasteiger partial charge in [0.1, 0.15) is 6.20 Å². The molecule has 4 rings (SSSR count). The first-order valence-corrected chi connectivity index (χ1v) is 10.9. The van der Waals surface area contributed by atoms with Crippen LogP contribution >= 0.6 is 0 Å². The third kappa shape index (κ3) is 4.70. The lowest BCUT2D eigenvalue weighted by atomic mass is 9.82. The normalized spacial score (nSPS) is 23.4. The minimum atomic E-state index is -0.423. The summed E-state index contributed by atoms with van der Waals surface area (Å²) in [6, 6.07) is 8.52. The zero-order valence-corrected chi connectivity index (χ0v) is 17.2. The molecule has 1 atom stereocenters. The highest BCUT2D eigenvalue weighted by Gasteiger charge is 2.24. The molecule has 0 aliphatic heterocycles. The number of aromatic nitrogens is 2. The minimum Gasteiger partial charge on any atom is -0.364 e. The molecule has 0 amide bonds. The van der Waals surface area contributed by atoms with Crippen molar-refractivity contribution in [1.82, 2.24) is 9.97 Å². The highest BCUT2D eigenvalue weighted by molar-refractivity contribution is 5.57. The Bertz CT molecular complexity index is 882. The van der Waals surface area contributed by atoms with Crippen LogP contribution in [-0.2, 0) is 6.42 Å². The number of fused-ring (bicyclic) bond motifs is 1. The molecule has 1 heterocycles. The van der Waals surface area contributed by atoms with Crippen molar-refractivity contribution in [3.8, 4) is 0 Å². The van der Waals surface area contributed by atoms with Crippen molar-refractivity contribution >= 4 is 17.5 Å². The number of nitro groups is 1. The van der Waals surface area contributed by atoms with E-state index >= 15 is 0 Å². The van der Waals surface area contributed by atoms with Crippen LogP contribution in [0.3, 0.4) is 0 Å². The molecule has 1 fully saturated rings. The molecule has 1 aromatic carbocycles. The maximum atomic E-state index is 11.5. The predicted octanol–water partition coefficient (Wildman–Crippen LogP) is 4.05. The largest absolute Gasteiger partial charge is 0.364 e. The molecule has 1 saturated carbocycles. The molecule has 30 heavy (non-hydrogen) atoms. The minimum absolute atomic E-state index is 0.0831. The summed E-state index contributed by atoms with van der Waals surface area (Å²) in [4.78, 5) is 19.8. The molecule has 0 unspecified atom stereocenters. The zero-order chi connectivity index (χ0) is 20.9. The highest BCUT2D eigenvalue weighted by Crippen LogP contribution is 2.33. The van der Waals surface area contributed by atoms with E-state index in [9.17, 15) is 10.1 Å². The predicted molar refractivity (Wildman–Crippen MR) is 117 cm³/mol. The maximum absolute atomic E-state index is 11.5. The first-order chi connectivity index (χ1) is 14.6. The summed E-state index contributed by atoms with van der Waals surface area (Å²) >= 11 is 0. The number of hydrogen-bond acceptors (Lipinski definition) is 7. The molecule has 2 aromatic rings. The molecule has 0 bridgehead atoms. The monoisotopic (exact) mass is 410 g/mol. The summed E-state index contributed by atoms with van der Waals surface area (Å²) in [5, 5.41) is 18.1. The van der Waals surface area contributed by atoms with Gasteiger partial charge in [0.05, 0.1) is 11.0 Å². The van der Waals surface area contributed by atoms with Gasteiger partial charge in [0.2, 0.25) is 11.8 Å². The molecule has 1 aromatic heterocycles. The van der Waals surface area contributed by atoms with Crippen molar-refractivity contribution in [2.75, 3.05) is 23.7 Å². The lowest BCUT2D eigenvalue weighted by Gasteiger charge is -2.28. The Morgan fingerprint density at radius 3 is 2.67 bits per heavy atom. The smallest absolute Gasteiger partial charge is 0.329 e. The van der Waals surface area contributed by atoms with Gasteiger partial charge in [0, 0.05) is 6.54 Å². The molecule has 2 aliphatic carbocycles. The standard InChI is InChI=1S/C22H30N6O2/c23-12-15-8-10-16(11-9-15)13-24-21-20(28(29)30)14-25-22(27-21)26-19-7-3-5-17-4-1-2-6-18(17)19/h1-2,4,6,14-16,19H,3,5,7-13,23H2,(H2,24,25,26,27)/t15?,16?,19-/m0/s1. The Hall–Kier alpha value is -2.74. The van der Waals surface area contributed by atoms with Gasteiger partial charge in [-0.2, -0.15) is 4.98 Å². The van der Waals surface area contributed by atoms with E-state index in [4.69, 9.17) is 5.73 Å². The number of hydrogen-bond donors (Lipinski definition) is 3. The molecule has 4 N–H and O–H groups in total. The summed E-state index contributed by atoms with van der Waals surface area (Å²) in [6.45, 7) is 1.43. The van der Waals surface area contributed by atoms with Crippen molar-refractivity contribution in [2.24, 2.45) is 17.6 Å². The molecule has 0 spiro atoms. The van der Waals surface area contributed by atoms with Gasteiger partial charge in [0.15, 0.2) is 0 Å². The first-order valence-electron chi connectivity index (χ1n) is 10.9. The van der Waals surface area contributed by atoms with Crippen molar-refractivity contribution in [2.45, 2.75) is 51.0 Å². The number of rotatable bonds is 7. The van der Waals surface area contributed by atoms with Crippen molar-refractivity contribution in [1.29, 1.82) is 0 Å². The van der Waals surface area contributed by atoms with Crippen molar-refractivity contribution in [3.05, 3.63) is 51.7 Å². The van der Waals surface area contributed by atoms with Crippen LogP contribution in [0, 0.1) is 22.0 Å². The van der Waals surface area contributed by atoms with Crippen LogP contribution in [0.4, 0.5) is 17.5 Å². The molecule has 160 valence electrons. The van der Waals surface area contributed by atoms with E-state index in [1.54, 1.807) is 0 Å². The number of benzene rings is 1. The third-order valence-electron chi connectivity index (χ3n) is 6.50. The zero-order valence-electron chi connectivity index (χ0n) is 17.2. The Morgan fingerprint density at radius 1 is 1.13 bits per heavy atom. The number of nitrogens with zero attached hydrogens (tertiary/aromatic N) is 3. The van der Waals surface area contributed by atoms with Crippen molar-refractivity contribution < 1.29 is 4.92 Å². The van der Waals surface area contributed by atoms with Crippen LogP contribution in [0.2, 0.25) is 0 Å². The molecular formula is C22H30N6O2. The van der Waals surface area contributed by atoms with Crippen molar-refractivity contribution in [3.63, 3.8) is 0 Å². The molecule has 0 saturated heterocycles. The fourth-order valence-electron chi connectivity index (χ4n) is 4.68. The number of aryl methyl sites for hydroxylation is 1. The average Bonchev–Trinajstić information content (AvgIpc) is 2.78. The number of nitrogens with one attached hydrogen (secondary N) is 2. The van der Waals surface area contributed by atoms with Gasteiger partial charge < -0.3 is 16.4 Å². The fourth-order valence-corrected chi connectivity index (χ4v) is 4.68. The van der Waals surface area contributed by atoms with E-state index in [-0.39, 0.29) is 11.7 Å². The summed E-state index contributed by atoms with van der Waals surface area (Å²) in [5.41, 5.74) is 8.30. The number of nitrogens with two attached hydrogens (primary N) is 1. The molecule has 8 heteroatoms. The van der Waals surface area contributed by atoms with E-state index in [1.165, 1.54) is 17.3 Å². The van der Waals surface area contributed by atoms with Crippen LogP contribution in [0.15, 0.2) is 30.5 Å². The average molecular weight is 411 g/mol. The van der Waals surface area contributed by atoms with Gasteiger partial charge in [-0.15, -0.1) is 0 Å². The van der Waals surface area contributed by atoms with Crippen LogP contribution in [0.1, 0.15) is 55.7 Å². The highest BCUT2D eigenvalue weighted by atomic mass is 16.6. The molecule has 2 aliphatic rings. The second kappa shape index (κ2) is 9.38. The van der Waals surface area contributed by atoms with Gasteiger partial charge in [-0.1, -0.05) is 24.3 Å². The van der Waals surface area contributed by atoms with Gasteiger partial charge in [-0.25, -0.2) is 4.98 Å².